The molecule has 22 heavy (non-hydrogen) atoms. The molecule has 1 aliphatic rings. The quantitative estimate of drug-likeness (QED) is 0.819. The Hall–Kier alpha value is -1.24. The number of thiazole rings is 1. The Labute approximate surface area is 135 Å². The molecule has 2 aromatic heterocycles. The molecule has 1 fully saturated rings. The lowest BCUT2D eigenvalue weighted by Gasteiger charge is -2.21. The van der Waals surface area contributed by atoms with Crippen LogP contribution in [0.3, 0.4) is 0 Å². The van der Waals surface area contributed by atoms with Crippen LogP contribution in [0.5, 0.6) is 0 Å². The average molecular weight is 320 g/mol. The first kappa shape index (κ1) is 15.6. The van der Waals surface area contributed by atoms with Gasteiger partial charge in [-0.1, -0.05) is 5.16 Å². The van der Waals surface area contributed by atoms with Crippen molar-refractivity contribution in [3.63, 3.8) is 0 Å². The third-order valence-corrected chi connectivity index (χ3v) is 5.18. The second-order valence-corrected chi connectivity index (χ2v) is 7.32. The number of likely N-dealkylation sites (tertiary alicyclic amines) is 1. The van der Waals surface area contributed by atoms with Crippen molar-refractivity contribution in [2.75, 3.05) is 26.7 Å². The van der Waals surface area contributed by atoms with Gasteiger partial charge in [0, 0.05) is 37.1 Å². The molecule has 3 heterocycles. The molecule has 0 bridgehead atoms. The molecule has 1 aliphatic heterocycles. The van der Waals surface area contributed by atoms with Crippen LogP contribution in [-0.4, -0.2) is 46.6 Å². The largest absolute Gasteiger partial charge is 0.361 e. The normalized spacial score (nSPS) is 19.4. The monoisotopic (exact) mass is 320 g/mol. The van der Waals surface area contributed by atoms with Gasteiger partial charge in [-0.3, -0.25) is 4.90 Å². The number of hydrogen-bond acceptors (Lipinski definition) is 6. The van der Waals surface area contributed by atoms with E-state index in [0.29, 0.717) is 0 Å². The molecule has 0 saturated carbocycles. The van der Waals surface area contributed by atoms with Gasteiger partial charge in [-0.2, -0.15) is 0 Å². The Morgan fingerprint density at radius 3 is 3.00 bits per heavy atom. The Balaban J connectivity index is 1.45. The first-order valence-electron chi connectivity index (χ1n) is 7.82. The summed E-state index contributed by atoms with van der Waals surface area (Å²) in [6.45, 7) is 9.41. The summed E-state index contributed by atoms with van der Waals surface area (Å²) in [4.78, 5) is 10.6. The molecule has 5 nitrogen and oxygen atoms in total. The van der Waals surface area contributed by atoms with Gasteiger partial charge in [0.05, 0.1) is 16.9 Å². The van der Waals surface area contributed by atoms with E-state index in [0.717, 1.165) is 50.1 Å². The fraction of sp³-hybridized carbons (Fsp3) is 0.625. The molecular formula is C16H24N4OS. The molecule has 0 spiro atoms. The minimum absolute atomic E-state index is 0.742. The highest BCUT2D eigenvalue weighted by Gasteiger charge is 2.24. The van der Waals surface area contributed by atoms with Gasteiger partial charge in [-0.25, -0.2) is 4.98 Å². The Kier molecular flexibility index (Phi) is 4.90. The zero-order chi connectivity index (χ0) is 15.5. The van der Waals surface area contributed by atoms with Crippen LogP contribution in [0.1, 0.15) is 28.4 Å². The molecule has 1 saturated heterocycles. The maximum Gasteiger partial charge on any atom is 0.133 e. The number of nitrogens with zero attached hydrogens (tertiary/aromatic N) is 4. The molecule has 0 aliphatic carbocycles. The number of hydrogen-bond donors (Lipinski definition) is 0. The maximum absolute atomic E-state index is 5.15. The summed E-state index contributed by atoms with van der Waals surface area (Å²) in [7, 11) is 2.21. The van der Waals surface area contributed by atoms with Crippen molar-refractivity contribution in [3.05, 3.63) is 33.6 Å². The van der Waals surface area contributed by atoms with Gasteiger partial charge in [0.2, 0.25) is 0 Å². The Morgan fingerprint density at radius 2 is 2.32 bits per heavy atom. The number of aryl methyl sites for hydroxylation is 2. The van der Waals surface area contributed by atoms with Crippen molar-refractivity contribution in [1.29, 1.82) is 0 Å². The summed E-state index contributed by atoms with van der Waals surface area (Å²) in [6, 6.07) is 2.03. The molecule has 1 atom stereocenters. The highest BCUT2D eigenvalue weighted by atomic mass is 32.1. The van der Waals surface area contributed by atoms with E-state index in [2.05, 4.69) is 33.9 Å². The summed E-state index contributed by atoms with van der Waals surface area (Å²) in [5, 5.41) is 4.09. The van der Waals surface area contributed by atoms with E-state index in [1.54, 1.807) is 11.3 Å². The van der Waals surface area contributed by atoms with E-state index in [-0.39, 0.29) is 0 Å². The first-order chi connectivity index (χ1) is 10.6. The average Bonchev–Trinajstić information content (AvgIpc) is 3.16. The van der Waals surface area contributed by atoms with E-state index < -0.39 is 0 Å². The van der Waals surface area contributed by atoms with Crippen molar-refractivity contribution in [3.8, 4) is 0 Å². The SMILES string of the molecule is Cc1cc(CN2CCC(CN(C)Cc3scnc3C)C2)no1. The predicted molar refractivity (Wildman–Crippen MR) is 87.8 cm³/mol. The van der Waals surface area contributed by atoms with Gasteiger partial charge in [-0.05, 0) is 39.8 Å². The lowest BCUT2D eigenvalue weighted by Crippen LogP contribution is -2.28. The van der Waals surface area contributed by atoms with Crippen LogP contribution in [0.25, 0.3) is 0 Å². The lowest BCUT2D eigenvalue weighted by atomic mass is 10.1. The van der Waals surface area contributed by atoms with Gasteiger partial charge in [-0.15, -0.1) is 11.3 Å². The van der Waals surface area contributed by atoms with E-state index in [4.69, 9.17) is 4.52 Å². The molecule has 6 heteroatoms. The molecule has 0 N–H and O–H groups in total. The number of rotatable bonds is 6. The second-order valence-electron chi connectivity index (χ2n) is 6.38. The molecule has 1 unspecified atom stereocenters. The summed E-state index contributed by atoms with van der Waals surface area (Å²) in [5.74, 6) is 1.64. The fourth-order valence-electron chi connectivity index (χ4n) is 3.16. The van der Waals surface area contributed by atoms with E-state index in [9.17, 15) is 0 Å². The third-order valence-electron chi connectivity index (χ3n) is 4.26. The second kappa shape index (κ2) is 6.89. The van der Waals surface area contributed by atoms with Gasteiger partial charge < -0.3 is 9.42 Å². The standard InChI is InChI=1S/C16H24N4OS/c1-12-6-15(18-21-12)9-20-5-4-14(8-20)7-19(3)10-16-13(2)17-11-22-16/h6,11,14H,4-5,7-10H2,1-3H3. The highest BCUT2D eigenvalue weighted by Crippen LogP contribution is 2.21. The Bertz CT molecular complexity index is 609. The van der Waals surface area contributed by atoms with Gasteiger partial charge in [0.25, 0.3) is 0 Å². The maximum atomic E-state index is 5.15. The van der Waals surface area contributed by atoms with Gasteiger partial charge >= 0.3 is 0 Å². The van der Waals surface area contributed by atoms with Crippen molar-refractivity contribution in [2.24, 2.45) is 5.92 Å². The van der Waals surface area contributed by atoms with Crippen LogP contribution in [0.4, 0.5) is 0 Å². The molecule has 0 amide bonds. The van der Waals surface area contributed by atoms with Crippen molar-refractivity contribution < 1.29 is 4.52 Å². The lowest BCUT2D eigenvalue weighted by molar-refractivity contribution is 0.252. The zero-order valence-corrected chi connectivity index (χ0v) is 14.4. The van der Waals surface area contributed by atoms with E-state index in [1.807, 2.05) is 18.5 Å². The molecule has 3 rings (SSSR count). The van der Waals surface area contributed by atoms with Crippen molar-refractivity contribution in [2.45, 2.75) is 33.4 Å². The minimum Gasteiger partial charge on any atom is -0.361 e. The first-order valence-corrected chi connectivity index (χ1v) is 8.70. The topological polar surface area (TPSA) is 45.4 Å². The fourth-order valence-corrected chi connectivity index (χ4v) is 4.01. The van der Waals surface area contributed by atoms with Gasteiger partial charge in [0.15, 0.2) is 0 Å². The smallest absolute Gasteiger partial charge is 0.133 e. The van der Waals surface area contributed by atoms with Gasteiger partial charge in [0.1, 0.15) is 5.76 Å². The summed E-state index contributed by atoms with van der Waals surface area (Å²) < 4.78 is 5.15. The van der Waals surface area contributed by atoms with Crippen LogP contribution < -0.4 is 0 Å². The molecule has 0 aromatic carbocycles. The van der Waals surface area contributed by atoms with Crippen LogP contribution >= 0.6 is 11.3 Å². The van der Waals surface area contributed by atoms with Crippen LogP contribution in [0, 0.1) is 19.8 Å². The molecular weight excluding hydrogens is 296 g/mol. The van der Waals surface area contributed by atoms with E-state index >= 15 is 0 Å². The minimum atomic E-state index is 0.742. The summed E-state index contributed by atoms with van der Waals surface area (Å²) >= 11 is 1.76. The molecule has 2 aromatic rings. The van der Waals surface area contributed by atoms with Crippen LogP contribution in [0.2, 0.25) is 0 Å². The number of aromatic nitrogens is 2. The van der Waals surface area contributed by atoms with Crippen LogP contribution in [-0.2, 0) is 13.1 Å². The van der Waals surface area contributed by atoms with Crippen molar-refractivity contribution >= 4 is 11.3 Å². The zero-order valence-electron chi connectivity index (χ0n) is 13.6. The molecule has 120 valence electrons. The van der Waals surface area contributed by atoms with Crippen molar-refractivity contribution in [1.82, 2.24) is 19.9 Å². The predicted octanol–water partition coefficient (Wildman–Crippen LogP) is 2.70. The summed E-state index contributed by atoms with van der Waals surface area (Å²) in [6.07, 6.45) is 1.27. The van der Waals surface area contributed by atoms with Crippen LogP contribution in [0.15, 0.2) is 16.1 Å². The Morgan fingerprint density at radius 1 is 1.45 bits per heavy atom. The summed E-state index contributed by atoms with van der Waals surface area (Å²) in [5.41, 5.74) is 4.16. The third kappa shape index (κ3) is 3.94. The highest BCUT2D eigenvalue weighted by molar-refractivity contribution is 7.09. The van der Waals surface area contributed by atoms with E-state index in [1.165, 1.54) is 17.0 Å². The molecule has 0 radical (unpaired) electrons.